The third kappa shape index (κ3) is 1.65. The van der Waals surface area contributed by atoms with E-state index in [1.165, 1.54) is 0 Å². The zero-order chi connectivity index (χ0) is 12.2. The van der Waals surface area contributed by atoms with Crippen LogP contribution in [-0.2, 0) is 0 Å². The summed E-state index contributed by atoms with van der Waals surface area (Å²) in [5.74, 6) is 0.0802. The number of piperazine rings is 1. The van der Waals surface area contributed by atoms with Gasteiger partial charge in [-0.05, 0) is 24.7 Å². The van der Waals surface area contributed by atoms with E-state index in [0.717, 1.165) is 25.2 Å². The second kappa shape index (κ2) is 3.87. The summed E-state index contributed by atoms with van der Waals surface area (Å²) in [7, 11) is 2.07. The van der Waals surface area contributed by atoms with E-state index in [9.17, 15) is 4.79 Å². The maximum Gasteiger partial charge on any atom is 0.254 e. The van der Waals surface area contributed by atoms with Gasteiger partial charge in [0.25, 0.3) is 5.91 Å². The van der Waals surface area contributed by atoms with E-state index in [4.69, 9.17) is 23.2 Å². The number of likely N-dealkylation sites (N-methyl/N-ethyl adjacent to an activating group) is 1. The Balaban J connectivity index is 2.10. The van der Waals surface area contributed by atoms with E-state index < -0.39 is 0 Å². The first-order valence-electron chi connectivity index (χ1n) is 5.56. The maximum absolute atomic E-state index is 12.2. The van der Waals surface area contributed by atoms with Gasteiger partial charge in [-0.15, -0.1) is 0 Å². The van der Waals surface area contributed by atoms with Crippen LogP contribution in [0.4, 0.5) is 0 Å². The van der Waals surface area contributed by atoms with Crippen molar-refractivity contribution in [2.24, 2.45) is 0 Å². The minimum Gasteiger partial charge on any atom is -0.329 e. The number of carbonyl (C=O) groups is 1. The van der Waals surface area contributed by atoms with E-state index in [1.54, 1.807) is 6.07 Å². The minimum absolute atomic E-state index is 0.0802. The number of amides is 1. The molecule has 0 aromatic heterocycles. The predicted molar refractivity (Wildman–Crippen MR) is 67.7 cm³/mol. The van der Waals surface area contributed by atoms with Crippen molar-refractivity contribution in [3.63, 3.8) is 0 Å². The fraction of sp³-hybridized carbons (Fsp3) is 0.417. The zero-order valence-electron chi connectivity index (χ0n) is 9.41. The van der Waals surface area contributed by atoms with Gasteiger partial charge >= 0.3 is 0 Å². The lowest BCUT2D eigenvalue weighted by molar-refractivity contribution is 0.0570. The Hall–Kier alpha value is -0.770. The Morgan fingerprint density at radius 1 is 1.24 bits per heavy atom. The molecule has 1 aromatic rings. The molecule has 0 radical (unpaired) electrons. The van der Waals surface area contributed by atoms with Crippen molar-refractivity contribution in [1.29, 1.82) is 0 Å². The number of rotatable bonds is 0. The first-order chi connectivity index (χ1) is 8.08. The fourth-order valence-electron chi connectivity index (χ4n) is 2.61. The van der Waals surface area contributed by atoms with Crippen LogP contribution in [0.5, 0.6) is 0 Å². The van der Waals surface area contributed by atoms with Crippen molar-refractivity contribution in [1.82, 2.24) is 9.80 Å². The Kier molecular flexibility index (Phi) is 2.58. The summed E-state index contributed by atoms with van der Waals surface area (Å²) in [6.45, 7) is 2.54. The number of halogens is 2. The monoisotopic (exact) mass is 270 g/mol. The fourth-order valence-corrected chi connectivity index (χ4v) is 2.94. The summed E-state index contributed by atoms with van der Waals surface area (Å²) < 4.78 is 0. The third-order valence-corrected chi connectivity index (χ3v) is 4.25. The van der Waals surface area contributed by atoms with E-state index in [-0.39, 0.29) is 11.9 Å². The molecule has 2 heterocycles. The molecule has 3 rings (SSSR count). The number of fused-ring (bicyclic) bond motifs is 3. The summed E-state index contributed by atoms with van der Waals surface area (Å²) in [4.78, 5) is 16.3. The van der Waals surface area contributed by atoms with Gasteiger partial charge in [-0.1, -0.05) is 23.2 Å². The second-order valence-electron chi connectivity index (χ2n) is 4.63. The average Bonchev–Trinajstić information content (AvgIpc) is 2.54. The van der Waals surface area contributed by atoms with Crippen molar-refractivity contribution < 1.29 is 4.79 Å². The highest BCUT2D eigenvalue weighted by atomic mass is 35.5. The smallest absolute Gasteiger partial charge is 0.254 e. The Morgan fingerprint density at radius 2 is 1.94 bits per heavy atom. The molecule has 0 bridgehead atoms. The van der Waals surface area contributed by atoms with Gasteiger partial charge in [0, 0.05) is 25.2 Å². The second-order valence-corrected chi connectivity index (χ2v) is 5.44. The van der Waals surface area contributed by atoms with Crippen molar-refractivity contribution in [3.05, 3.63) is 33.3 Å². The molecule has 1 unspecified atom stereocenters. The van der Waals surface area contributed by atoms with Crippen LogP contribution in [0.1, 0.15) is 22.0 Å². The molecule has 1 fully saturated rings. The zero-order valence-corrected chi connectivity index (χ0v) is 10.9. The van der Waals surface area contributed by atoms with Crippen molar-refractivity contribution in [2.75, 3.05) is 26.7 Å². The molecule has 0 saturated carbocycles. The van der Waals surface area contributed by atoms with E-state index in [1.807, 2.05) is 11.0 Å². The third-order valence-electron chi connectivity index (χ3n) is 3.53. The highest BCUT2D eigenvalue weighted by Gasteiger charge is 2.39. The average molecular weight is 271 g/mol. The lowest BCUT2D eigenvalue weighted by atomic mass is 10.0. The summed E-state index contributed by atoms with van der Waals surface area (Å²) in [6, 6.07) is 3.66. The molecule has 1 amide bonds. The molecule has 1 saturated heterocycles. The number of benzene rings is 1. The minimum atomic E-state index is 0.0802. The summed E-state index contributed by atoms with van der Waals surface area (Å²) in [5, 5.41) is 0.972. The van der Waals surface area contributed by atoms with Gasteiger partial charge in [0.1, 0.15) is 0 Å². The summed E-state index contributed by atoms with van der Waals surface area (Å²) >= 11 is 12.0. The van der Waals surface area contributed by atoms with Crippen LogP contribution in [0.15, 0.2) is 12.1 Å². The van der Waals surface area contributed by atoms with Crippen LogP contribution in [0.3, 0.4) is 0 Å². The van der Waals surface area contributed by atoms with Crippen LogP contribution in [-0.4, -0.2) is 42.4 Å². The van der Waals surface area contributed by atoms with Crippen LogP contribution < -0.4 is 0 Å². The molecule has 3 nitrogen and oxygen atoms in total. The van der Waals surface area contributed by atoms with Gasteiger partial charge in [0.05, 0.1) is 16.1 Å². The molecule has 90 valence electrons. The van der Waals surface area contributed by atoms with Crippen molar-refractivity contribution in [3.8, 4) is 0 Å². The quantitative estimate of drug-likeness (QED) is 0.723. The number of nitrogens with zero attached hydrogens (tertiary/aromatic N) is 2. The first kappa shape index (κ1) is 11.3. The van der Waals surface area contributed by atoms with Gasteiger partial charge in [-0.2, -0.15) is 0 Å². The SMILES string of the molecule is CN1CCN2C(=O)c3cc(Cl)c(Cl)cc3C2C1. The molecular formula is C12H12Cl2N2O. The van der Waals surface area contributed by atoms with E-state index >= 15 is 0 Å². The van der Waals surface area contributed by atoms with Gasteiger partial charge in [0.15, 0.2) is 0 Å². The molecule has 0 spiro atoms. The summed E-state index contributed by atoms with van der Waals surface area (Å²) in [5.41, 5.74) is 1.72. The predicted octanol–water partition coefficient (Wildman–Crippen LogP) is 2.44. The van der Waals surface area contributed by atoms with Gasteiger partial charge in [-0.25, -0.2) is 0 Å². The lowest BCUT2D eigenvalue weighted by Crippen LogP contribution is -2.45. The van der Waals surface area contributed by atoms with Crippen molar-refractivity contribution >= 4 is 29.1 Å². The Morgan fingerprint density at radius 3 is 2.71 bits per heavy atom. The number of hydrogen-bond acceptors (Lipinski definition) is 2. The molecule has 0 aliphatic carbocycles. The molecule has 2 aliphatic heterocycles. The molecule has 1 aromatic carbocycles. The van der Waals surface area contributed by atoms with Gasteiger partial charge in [-0.3, -0.25) is 4.79 Å². The van der Waals surface area contributed by atoms with Crippen molar-refractivity contribution in [2.45, 2.75) is 6.04 Å². The normalized spacial score (nSPS) is 23.8. The molecule has 2 aliphatic rings. The van der Waals surface area contributed by atoms with Crippen LogP contribution in [0.25, 0.3) is 0 Å². The number of carbonyl (C=O) groups excluding carboxylic acids is 1. The van der Waals surface area contributed by atoms with Crippen LogP contribution in [0.2, 0.25) is 10.0 Å². The van der Waals surface area contributed by atoms with Gasteiger partial charge in [0.2, 0.25) is 0 Å². The topological polar surface area (TPSA) is 23.6 Å². The molecule has 1 atom stereocenters. The van der Waals surface area contributed by atoms with Gasteiger partial charge < -0.3 is 9.80 Å². The molecule has 0 N–H and O–H groups in total. The standard InChI is InChI=1S/C12H12Cl2N2O/c1-15-2-3-16-11(6-15)7-4-9(13)10(14)5-8(7)12(16)17/h4-5,11H,2-3,6H2,1H3. The lowest BCUT2D eigenvalue weighted by Gasteiger charge is -2.35. The Labute approximate surface area is 110 Å². The highest BCUT2D eigenvalue weighted by Crippen LogP contribution is 2.39. The first-order valence-corrected chi connectivity index (χ1v) is 6.32. The molecule has 5 heteroatoms. The Bertz CT molecular complexity index is 504. The largest absolute Gasteiger partial charge is 0.329 e. The van der Waals surface area contributed by atoms with E-state index in [0.29, 0.717) is 15.6 Å². The van der Waals surface area contributed by atoms with Crippen LogP contribution >= 0.6 is 23.2 Å². The maximum atomic E-state index is 12.2. The van der Waals surface area contributed by atoms with Crippen LogP contribution in [0, 0.1) is 0 Å². The molecule has 17 heavy (non-hydrogen) atoms. The van der Waals surface area contributed by atoms with E-state index in [2.05, 4.69) is 11.9 Å². The number of hydrogen-bond donors (Lipinski definition) is 0. The molecular weight excluding hydrogens is 259 g/mol. The summed E-state index contributed by atoms with van der Waals surface area (Å²) in [6.07, 6.45) is 0. The highest BCUT2D eigenvalue weighted by molar-refractivity contribution is 6.42.